The molecule has 0 radical (unpaired) electrons. The van der Waals surface area contributed by atoms with Crippen molar-refractivity contribution in [2.75, 3.05) is 12.4 Å². The summed E-state index contributed by atoms with van der Waals surface area (Å²) in [4.78, 5) is 10.9. The Hall–Kier alpha value is -2.92. The van der Waals surface area contributed by atoms with Crippen molar-refractivity contribution in [3.63, 3.8) is 0 Å². The fraction of sp³-hybridized carbons (Fsp3) is 0.176. The highest BCUT2D eigenvalue weighted by molar-refractivity contribution is 7.89. The molecule has 148 valence electrons. The fourth-order valence-electron chi connectivity index (χ4n) is 2.46. The Morgan fingerprint density at radius 2 is 1.86 bits per heavy atom. The number of halogens is 3. The minimum absolute atomic E-state index is 0.0281. The van der Waals surface area contributed by atoms with Crippen molar-refractivity contribution in [2.24, 2.45) is 0 Å². The van der Waals surface area contributed by atoms with E-state index in [4.69, 9.17) is 0 Å². The van der Waals surface area contributed by atoms with Crippen LogP contribution in [0.5, 0.6) is 0 Å². The van der Waals surface area contributed by atoms with Crippen LogP contribution in [-0.4, -0.2) is 30.4 Å². The van der Waals surface area contributed by atoms with Crippen molar-refractivity contribution in [3.8, 4) is 11.3 Å². The van der Waals surface area contributed by atoms with Crippen LogP contribution in [0.3, 0.4) is 0 Å². The number of aromatic amines is 1. The number of benzene rings is 1. The first-order valence-corrected chi connectivity index (χ1v) is 9.51. The number of nitrogens with zero attached hydrogens (tertiary/aromatic N) is 2. The minimum atomic E-state index is -4.39. The number of hydrogen-bond donors (Lipinski definition) is 3. The lowest BCUT2D eigenvalue weighted by atomic mass is 10.1. The second-order valence-corrected chi connectivity index (χ2v) is 7.67. The highest BCUT2D eigenvalue weighted by Crippen LogP contribution is 2.30. The summed E-state index contributed by atoms with van der Waals surface area (Å²) in [5.74, 6) is 0.360. The molecule has 0 amide bonds. The van der Waals surface area contributed by atoms with Crippen LogP contribution in [0.4, 0.5) is 19.0 Å². The third-order valence-electron chi connectivity index (χ3n) is 3.97. The van der Waals surface area contributed by atoms with Crippen molar-refractivity contribution in [1.82, 2.24) is 19.7 Å². The van der Waals surface area contributed by atoms with Gasteiger partial charge in [-0.25, -0.2) is 23.1 Å². The normalized spacial score (nSPS) is 12.1. The van der Waals surface area contributed by atoms with Gasteiger partial charge in [-0.15, -0.1) is 0 Å². The van der Waals surface area contributed by atoms with Gasteiger partial charge in [0.25, 0.3) is 0 Å². The predicted molar refractivity (Wildman–Crippen MR) is 96.8 cm³/mol. The molecule has 1 aromatic carbocycles. The SMILES string of the molecule is CNS(=O)(=O)c1cnc(NCc2ccc(C(F)(F)F)cc2)c(-c2cnc[nH]2)c1. The summed E-state index contributed by atoms with van der Waals surface area (Å²) in [5, 5.41) is 3.02. The summed E-state index contributed by atoms with van der Waals surface area (Å²) in [5.41, 5.74) is 0.878. The first kappa shape index (κ1) is 19.8. The van der Waals surface area contributed by atoms with Gasteiger partial charge in [0.1, 0.15) is 10.7 Å². The Bertz CT molecular complexity index is 1050. The first-order chi connectivity index (χ1) is 13.2. The van der Waals surface area contributed by atoms with E-state index in [0.29, 0.717) is 22.6 Å². The standard InChI is InChI=1S/C17H16F3N5O2S/c1-21-28(26,27)13-6-14(15-9-22-10-25-15)16(24-8-13)23-7-11-2-4-12(5-3-11)17(18,19)20/h2-6,8-10,21H,7H2,1H3,(H,22,25)(H,23,24). The molecule has 0 aliphatic rings. The van der Waals surface area contributed by atoms with Gasteiger partial charge in [0.2, 0.25) is 10.0 Å². The van der Waals surface area contributed by atoms with Crippen molar-refractivity contribution in [2.45, 2.75) is 17.6 Å². The molecule has 0 spiro atoms. The van der Waals surface area contributed by atoms with Gasteiger partial charge < -0.3 is 10.3 Å². The van der Waals surface area contributed by atoms with Crippen LogP contribution in [0, 0.1) is 0 Å². The van der Waals surface area contributed by atoms with Crippen LogP contribution in [0.2, 0.25) is 0 Å². The van der Waals surface area contributed by atoms with E-state index in [-0.39, 0.29) is 11.4 Å². The Kier molecular flexibility index (Phi) is 5.38. The number of rotatable bonds is 6. The topological polar surface area (TPSA) is 99.8 Å². The van der Waals surface area contributed by atoms with E-state index in [2.05, 4.69) is 25.0 Å². The Balaban J connectivity index is 1.87. The van der Waals surface area contributed by atoms with E-state index in [1.54, 1.807) is 0 Å². The molecular weight excluding hydrogens is 395 g/mol. The zero-order valence-corrected chi connectivity index (χ0v) is 15.4. The summed E-state index contributed by atoms with van der Waals surface area (Å²) in [6.07, 6.45) is -0.249. The van der Waals surface area contributed by atoms with Crippen molar-refractivity contribution in [3.05, 3.63) is 60.2 Å². The molecule has 3 rings (SSSR count). The number of H-pyrrole nitrogens is 1. The lowest BCUT2D eigenvalue weighted by Gasteiger charge is -2.13. The molecule has 2 heterocycles. The van der Waals surface area contributed by atoms with E-state index in [1.165, 1.54) is 44.0 Å². The van der Waals surface area contributed by atoms with Crippen LogP contribution in [0.1, 0.15) is 11.1 Å². The molecule has 2 aromatic heterocycles. The number of pyridine rings is 1. The summed E-state index contributed by atoms with van der Waals surface area (Å²) in [6.45, 7) is 0.199. The molecule has 0 aliphatic heterocycles. The third-order valence-corrected chi connectivity index (χ3v) is 5.35. The number of alkyl halides is 3. The molecule has 0 saturated carbocycles. The van der Waals surface area contributed by atoms with E-state index < -0.39 is 21.8 Å². The van der Waals surface area contributed by atoms with Crippen molar-refractivity contribution >= 4 is 15.8 Å². The molecule has 28 heavy (non-hydrogen) atoms. The molecule has 0 aliphatic carbocycles. The zero-order valence-electron chi connectivity index (χ0n) is 14.6. The molecule has 0 bridgehead atoms. The minimum Gasteiger partial charge on any atom is -0.365 e. The maximum Gasteiger partial charge on any atom is 0.416 e. The van der Waals surface area contributed by atoms with Crippen LogP contribution in [0.25, 0.3) is 11.3 Å². The summed E-state index contributed by atoms with van der Waals surface area (Å²) >= 11 is 0. The average molecular weight is 411 g/mol. The van der Waals surface area contributed by atoms with Gasteiger partial charge in [0.15, 0.2) is 0 Å². The zero-order chi connectivity index (χ0) is 20.4. The summed E-state index contributed by atoms with van der Waals surface area (Å²) in [7, 11) is -2.40. The third kappa shape index (κ3) is 4.31. The molecule has 3 aromatic rings. The predicted octanol–water partition coefficient (Wildman–Crippen LogP) is 3.01. The molecule has 7 nitrogen and oxygen atoms in total. The highest BCUT2D eigenvalue weighted by atomic mass is 32.2. The molecular formula is C17H16F3N5O2S. The van der Waals surface area contributed by atoms with Gasteiger partial charge in [-0.05, 0) is 30.8 Å². The molecule has 0 fully saturated rings. The Labute approximate surface area is 159 Å². The first-order valence-electron chi connectivity index (χ1n) is 8.03. The number of sulfonamides is 1. The number of imidazole rings is 1. The van der Waals surface area contributed by atoms with Gasteiger partial charge in [0.05, 0.1) is 23.8 Å². The van der Waals surface area contributed by atoms with Crippen LogP contribution < -0.4 is 10.0 Å². The largest absolute Gasteiger partial charge is 0.416 e. The maximum absolute atomic E-state index is 12.7. The lowest BCUT2D eigenvalue weighted by molar-refractivity contribution is -0.137. The van der Waals surface area contributed by atoms with E-state index in [9.17, 15) is 21.6 Å². The summed E-state index contributed by atoms with van der Waals surface area (Å²) in [6, 6.07) is 6.17. The number of anilines is 1. The molecule has 3 N–H and O–H groups in total. The molecule has 0 unspecified atom stereocenters. The molecule has 0 saturated heterocycles. The van der Waals surface area contributed by atoms with Gasteiger partial charge in [-0.2, -0.15) is 13.2 Å². The van der Waals surface area contributed by atoms with Crippen molar-refractivity contribution in [1.29, 1.82) is 0 Å². The maximum atomic E-state index is 12.7. The van der Waals surface area contributed by atoms with Gasteiger partial charge in [0, 0.05) is 18.3 Å². The number of aromatic nitrogens is 3. The smallest absolute Gasteiger partial charge is 0.365 e. The number of hydrogen-bond acceptors (Lipinski definition) is 5. The van der Waals surface area contributed by atoms with Crippen LogP contribution in [0.15, 0.2) is 53.9 Å². The average Bonchev–Trinajstić information content (AvgIpc) is 3.20. The second-order valence-electron chi connectivity index (χ2n) is 5.79. The van der Waals surface area contributed by atoms with E-state index >= 15 is 0 Å². The van der Waals surface area contributed by atoms with Gasteiger partial charge in [-0.3, -0.25) is 0 Å². The van der Waals surface area contributed by atoms with Gasteiger partial charge in [-0.1, -0.05) is 12.1 Å². The molecule has 0 atom stereocenters. The highest BCUT2D eigenvalue weighted by Gasteiger charge is 2.29. The Morgan fingerprint density at radius 1 is 1.14 bits per heavy atom. The van der Waals surface area contributed by atoms with E-state index in [0.717, 1.165) is 12.1 Å². The number of nitrogens with one attached hydrogen (secondary N) is 3. The Morgan fingerprint density at radius 3 is 2.43 bits per heavy atom. The lowest BCUT2D eigenvalue weighted by Crippen LogP contribution is -2.19. The molecule has 11 heteroatoms. The summed E-state index contributed by atoms with van der Waals surface area (Å²) < 4.78 is 64.3. The van der Waals surface area contributed by atoms with Crippen LogP contribution >= 0.6 is 0 Å². The monoisotopic (exact) mass is 411 g/mol. The van der Waals surface area contributed by atoms with E-state index in [1.807, 2.05) is 0 Å². The second kappa shape index (κ2) is 7.60. The van der Waals surface area contributed by atoms with Gasteiger partial charge >= 0.3 is 6.18 Å². The fourth-order valence-corrected chi connectivity index (χ4v) is 3.16. The van der Waals surface area contributed by atoms with Crippen LogP contribution in [-0.2, 0) is 22.7 Å². The quantitative estimate of drug-likeness (QED) is 0.579. The van der Waals surface area contributed by atoms with Crippen molar-refractivity contribution < 1.29 is 21.6 Å².